The number of amides is 1. The summed E-state index contributed by atoms with van der Waals surface area (Å²) in [5.74, 6) is 0.710. The van der Waals surface area contributed by atoms with E-state index >= 15 is 0 Å². The maximum atomic E-state index is 12.7. The zero-order valence-electron chi connectivity index (χ0n) is 15.6. The Hall–Kier alpha value is -2.41. The van der Waals surface area contributed by atoms with Gasteiger partial charge in [0.25, 0.3) is 5.91 Å². The number of methoxy groups -OCH3 is 1. The average molecular weight is 367 g/mol. The Morgan fingerprint density at radius 1 is 1.11 bits per heavy atom. The zero-order chi connectivity index (χ0) is 18.4. The van der Waals surface area contributed by atoms with Crippen LogP contribution in [-0.4, -0.2) is 65.2 Å². The average Bonchev–Trinajstić information content (AvgIpc) is 3.20. The summed E-state index contributed by atoms with van der Waals surface area (Å²) >= 11 is 0. The molecule has 3 heterocycles. The molecule has 3 aliphatic rings. The normalized spacial score (nSPS) is 22.9. The van der Waals surface area contributed by atoms with Gasteiger partial charge >= 0.3 is 0 Å². The molecule has 27 heavy (non-hydrogen) atoms. The van der Waals surface area contributed by atoms with Gasteiger partial charge in [0, 0.05) is 56.7 Å². The van der Waals surface area contributed by atoms with Gasteiger partial charge in [-0.25, -0.2) is 4.68 Å². The molecule has 2 aliphatic heterocycles. The van der Waals surface area contributed by atoms with E-state index in [1.165, 1.54) is 12.8 Å². The van der Waals surface area contributed by atoms with Crippen molar-refractivity contribution in [1.82, 2.24) is 19.9 Å². The third-order valence-corrected chi connectivity index (χ3v) is 6.00. The van der Waals surface area contributed by atoms with Gasteiger partial charge in [-0.3, -0.25) is 4.79 Å². The smallest absolute Gasteiger partial charge is 0.254 e. The molecule has 1 amide bonds. The Kier molecular flexibility index (Phi) is 4.11. The van der Waals surface area contributed by atoms with Gasteiger partial charge < -0.3 is 14.5 Å². The van der Waals surface area contributed by atoms with Gasteiger partial charge in [-0.2, -0.15) is 0 Å². The molecule has 0 unspecified atom stereocenters. The number of aromatic nitrogens is 3. The minimum absolute atomic E-state index is 0.0940. The van der Waals surface area contributed by atoms with Crippen LogP contribution in [0.25, 0.3) is 0 Å². The van der Waals surface area contributed by atoms with Crippen LogP contribution in [0.15, 0.2) is 30.5 Å². The molecular weight excluding hydrogens is 342 g/mol. The van der Waals surface area contributed by atoms with E-state index in [2.05, 4.69) is 21.4 Å². The first-order valence-corrected chi connectivity index (χ1v) is 9.80. The molecule has 1 aromatic carbocycles. The molecule has 2 aromatic rings. The first-order chi connectivity index (χ1) is 13.2. The van der Waals surface area contributed by atoms with E-state index in [1.807, 2.05) is 33.8 Å². The molecule has 0 spiro atoms. The number of carbonyl (C=O) groups is 1. The molecule has 0 N–H and O–H groups in total. The molecular formula is C20H25N5O2. The summed E-state index contributed by atoms with van der Waals surface area (Å²) in [6, 6.07) is 8.21. The van der Waals surface area contributed by atoms with Crippen LogP contribution < -0.4 is 4.90 Å². The van der Waals surface area contributed by atoms with Crippen LogP contribution >= 0.6 is 0 Å². The lowest BCUT2D eigenvalue weighted by molar-refractivity contribution is 0.0498. The molecule has 7 nitrogen and oxygen atoms in total. The van der Waals surface area contributed by atoms with E-state index in [-0.39, 0.29) is 11.9 Å². The third-order valence-electron chi connectivity index (χ3n) is 6.00. The second-order valence-corrected chi connectivity index (χ2v) is 7.90. The van der Waals surface area contributed by atoms with Crippen LogP contribution in [0.3, 0.4) is 0 Å². The topological polar surface area (TPSA) is 63.5 Å². The van der Waals surface area contributed by atoms with Crippen molar-refractivity contribution in [3.8, 4) is 0 Å². The van der Waals surface area contributed by atoms with Gasteiger partial charge in [-0.05, 0) is 43.5 Å². The highest BCUT2D eigenvalue weighted by atomic mass is 16.5. The van der Waals surface area contributed by atoms with Crippen LogP contribution in [0.4, 0.5) is 5.69 Å². The van der Waals surface area contributed by atoms with E-state index in [4.69, 9.17) is 4.74 Å². The number of hydrogen-bond acceptors (Lipinski definition) is 5. The largest absolute Gasteiger partial charge is 0.380 e. The lowest BCUT2D eigenvalue weighted by atomic mass is 10.1. The molecule has 0 radical (unpaired) electrons. The molecule has 2 saturated heterocycles. The van der Waals surface area contributed by atoms with Gasteiger partial charge in [0.15, 0.2) is 0 Å². The standard InChI is InChI=1S/C20H25N5O2/c1-27-18-8-9-23(12-18)16-6-4-15(5-7-16)20(26)24-10-17(11-24)25-13-19(21-22-25)14-2-3-14/h4-7,13-14,17-18H,2-3,8-12H2,1H3/t18-/m0/s1. The maximum Gasteiger partial charge on any atom is 0.254 e. The summed E-state index contributed by atoms with van der Waals surface area (Å²) in [4.78, 5) is 16.9. The number of carbonyl (C=O) groups excluding carboxylic acids is 1. The van der Waals surface area contributed by atoms with Gasteiger partial charge in [0.1, 0.15) is 0 Å². The molecule has 1 saturated carbocycles. The minimum Gasteiger partial charge on any atom is -0.380 e. The van der Waals surface area contributed by atoms with Crippen LogP contribution in [-0.2, 0) is 4.74 Å². The minimum atomic E-state index is 0.0940. The maximum absolute atomic E-state index is 12.7. The fourth-order valence-electron chi connectivity index (χ4n) is 3.98. The molecule has 1 aromatic heterocycles. The summed E-state index contributed by atoms with van der Waals surface area (Å²) < 4.78 is 7.36. The van der Waals surface area contributed by atoms with E-state index in [0.717, 1.165) is 36.5 Å². The van der Waals surface area contributed by atoms with Crippen LogP contribution in [0.2, 0.25) is 0 Å². The Bertz CT molecular complexity index is 823. The lowest BCUT2D eigenvalue weighted by Gasteiger charge is -2.38. The SMILES string of the molecule is CO[C@H]1CCN(c2ccc(C(=O)N3CC(n4cc(C5CC5)nn4)C3)cc2)C1. The van der Waals surface area contributed by atoms with Gasteiger partial charge in [-0.15, -0.1) is 5.10 Å². The van der Waals surface area contributed by atoms with Crippen LogP contribution in [0.1, 0.15) is 47.3 Å². The highest BCUT2D eigenvalue weighted by molar-refractivity contribution is 5.95. The molecule has 1 aliphatic carbocycles. The number of rotatable bonds is 5. The van der Waals surface area contributed by atoms with Crippen LogP contribution in [0, 0.1) is 0 Å². The second-order valence-electron chi connectivity index (χ2n) is 7.90. The number of hydrogen-bond donors (Lipinski definition) is 0. The van der Waals surface area contributed by atoms with Crippen molar-refractivity contribution >= 4 is 11.6 Å². The fraction of sp³-hybridized carbons (Fsp3) is 0.550. The zero-order valence-corrected chi connectivity index (χ0v) is 15.6. The summed E-state index contributed by atoms with van der Waals surface area (Å²) in [6.45, 7) is 3.32. The fourth-order valence-corrected chi connectivity index (χ4v) is 3.98. The molecule has 142 valence electrons. The highest BCUT2D eigenvalue weighted by Crippen LogP contribution is 2.39. The van der Waals surface area contributed by atoms with E-state index < -0.39 is 0 Å². The van der Waals surface area contributed by atoms with Crippen LogP contribution in [0.5, 0.6) is 0 Å². The summed E-state index contributed by atoms with van der Waals surface area (Å²) in [7, 11) is 1.77. The van der Waals surface area contributed by atoms with Gasteiger partial charge in [0.2, 0.25) is 0 Å². The number of ether oxygens (including phenoxy) is 1. The number of likely N-dealkylation sites (tertiary alicyclic amines) is 1. The van der Waals surface area contributed by atoms with Crippen molar-refractivity contribution in [3.63, 3.8) is 0 Å². The van der Waals surface area contributed by atoms with E-state index in [9.17, 15) is 4.79 Å². The molecule has 5 rings (SSSR count). The second kappa shape index (κ2) is 6.64. The number of nitrogens with zero attached hydrogens (tertiary/aromatic N) is 5. The summed E-state index contributed by atoms with van der Waals surface area (Å²) in [5, 5.41) is 8.51. The van der Waals surface area contributed by atoms with Crippen molar-refractivity contribution in [2.45, 2.75) is 37.3 Å². The number of benzene rings is 1. The highest BCUT2D eigenvalue weighted by Gasteiger charge is 2.35. The predicted molar refractivity (Wildman–Crippen MR) is 101 cm³/mol. The first kappa shape index (κ1) is 16.7. The summed E-state index contributed by atoms with van der Waals surface area (Å²) in [5.41, 5.74) is 3.01. The molecule has 1 atom stereocenters. The molecule has 3 fully saturated rings. The first-order valence-electron chi connectivity index (χ1n) is 9.80. The Morgan fingerprint density at radius 3 is 2.56 bits per heavy atom. The van der Waals surface area contributed by atoms with Gasteiger partial charge in [-0.1, -0.05) is 5.21 Å². The lowest BCUT2D eigenvalue weighted by Crippen LogP contribution is -2.50. The number of anilines is 1. The van der Waals surface area contributed by atoms with Crippen molar-refractivity contribution in [1.29, 1.82) is 0 Å². The van der Waals surface area contributed by atoms with Crippen molar-refractivity contribution in [3.05, 3.63) is 41.7 Å². The summed E-state index contributed by atoms with van der Waals surface area (Å²) in [6.07, 6.45) is 5.88. The Labute approximate surface area is 158 Å². The third kappa shape index (κ3) is 3.20. The van der Waals surface area contributed by atoms with Crippen molar-refractivity contribution in [2.24, 2.45) is 0 Å². The monoisotopic (exact) mass is 367 g/mol. The van der Waals surface area contributed by atoms with E-state index in [0.29, 0.717) is 25.1 Å². The predicted octanol–water partition coefficient (Wildman–Crippen LogP) is 2.08. The quantitative estimate of drug-likeness (QED) is 0.810. The van der Waals surface area contributed by atoms with Gasteiger partial charge in [0.05, 0.1) is 17.8 Å². The Balaban J connectivity index is 1.18. The van der Waals surface area contributed by atoms with E-state index in [1.54, 1.807) is 7.11 Å². The van der Waals surface area contributed by atoms with Crippen molar-refractivity contribution < 1.29 is 9.53 Å². The molecule has 7 heteroatoms. The Morgan fingerprint density at radius 2 is 1.89 bits per heavy atom. The molecule has 0 bridgehead atoms. The van der Waals surface area contributed by atoms with Crippen molar-refractivity contribution in [2.75, 3.05) is 38.2 Å².